The van der Waals surface area contributed by atoms with Gasteiger partial charge in [0, 0.05) is 0 Å². The van der Waals surface area contributed by atoms with Crippen LogP contribution in [-0.2, 0) is 0 Å². The summed E-state index contributed by atoms with van der Waals surface area (Å²) in [6.45, 7) is 18.2. The third kappa shape index (κ3) is 2.18. The van der Waals surface area contributed by atoms with E-state index >= 15 is 0 Å². The second-order valence-electron chi connectivity index (χ2n) is 11.9. The van der Waals surface area contributed by atoms with Gasteiger partial charge >= 0.3 is 0 Å². The molecule has 0 bridgehead atoms. The smallest absolute Gasteiger partial charge is 0.00539 e. The molecule has 0 aromatic heterocycles. The summed E-state index contributed by atoms with van der Waals surface area (Å²) in [5.41, 5.74) is 5.94. The topological polar surface area (TPSA) is 0 Å². The van der Waals surface area contributed by atoms with Crippen LogP contribution in [0.4, 0.5) is 0 Å². The van der Waals surface area contributed by atoms with E-state index in [1.54, 1.807) is 0 Å². The summed E-state index contributed by atoms with van der Waals surface area (Å²) in [4.78, 5) is 0. The molecule has 25 heavy (non-hydrogen) atoms. The van der Waals surface area contributed by atoms with Gasteiger partial charge in [-0.1, -0.05) is 66.0 Å². The minimum absolute atomic E-state index is 0.491. The lowest BCUT2D eigenvalue weighted by Gasteiger charge is -2.68. The quantitative estimate of drug-likeness (QED) is 0.427. The molecule has 0 radical (unpaired) electrons. The van der Waals surface area contributed by atoms with Crippen LogP contribution in [0.3, 0.4) is 0 Å². The van der Waals surface area contributed by atoms with Crippen molar-refractivity contribution in [2.75, 3.05) is 0 Å². The van der Waals surface area contributed by atoms with Gasteiger partial charge in [0.15, 0.2) is 0 Å². The van der Waals surface area contributed by atoms with Crippen molar-refractivity contribution < 1.29 is 0 Å². The predicted octanol–water partition coefficient (Wildman–Crippen LogP) is 7.78. The maximum atomic E-state index is 2.73. The van der Waals surface area contributed by atoms with E-state index < -0.39 is 0 Å². The highest BCUT2D eigenvalue weighted by Crippen LogP contribution is 2.74. The van der Waals surface area contributed by atoms with E-state index in [1.807, 2.05) is 11.1 Å². The fourth-order valence-electron chi connectivity index (χ4n) is 8.99. The molecule has 0 saturated heterocycles. The number of allylic oxidation sites excluding steroid dienone is 2. The van der Waals surface area contributed by atoms with Crippen LogP contribution >= 0.6 is 0 Å². The summed E-state index contributed by atoms with van der Waals surface area (Å²) in [6.07, 6.45) is 13.1. The van der Waals surface area contributed by atoms with Crippen molar-refractivity contribution in [2.45, 2.75) is 106 Å². The molecular formula is C25H42. The number of hydrogen-bond acceptors (Lipinski definition) is 0. The third-order valence-electron chi connectivity index (χ3n) is 10.4. The van der Waals surface area contributed by atoms with Crippen molar-refractivity contribution in [2.24, 2.45) is 39.4 Å². The van der Waals surface area contributed by atoms with Gasteiger partial charge in [0.2, 0.25) is 0 Å². The fraction of sp³-hybridized carbons (Fsp3) is 0.920. The van der Waals surface area contributed by atoms with E-state index in [0.29, 0.717) is 21.7 Å². The molecule has 0 aromatic rings. The minimum Gasteiger partial charge on any atom is -0.0679 e. The molecular weight excluding hydrogens is 300 g/mol. The zero-order valence-electron chi connectivity index (χ0n) is 18.1. The Morgan fingerprint density at radius 1 is 0.800 bits per heavy atom. The van der Waals surface area contributed by atoms with Gasteiger partial charge in [0.05, 0.1) is 0 Å². The van der Waals surface area contributed by atoms with Crippen LogP contribution in [0.5, 0.6) is 0 Å². The molecule has 0 N–H and O–H groups in total. The van der Waals surface area contributed by atoms with Crippen LogP contribution in [-0.4, -0.2) is 0 Å². The van der Waals surface area contributed by atoms with Crippen molar-refractivity contribution in [3.05, 3.63) is 11.1 Å². The monoisotopic (exact) mass is 342 g/mol. The highest BCUT2D eigenvalue weighted by Gasteiger charge is 2.65. The van der Waals surface area contributed by atoms with Gasteiger partial charge < -0.3 is 0 Å². The van der Waals surface area contributed by atoms with Crippen molar-refractivity contribution in [3.8, 4) is 0 Å². The van der Waals surface area contributed by atoms with Crippen LogP contribution in [0.1, 0.15) is 106 Å². The lowest BCUT2D eigenvalue weighted by atomic mass is 9.36. The standard InChI is InChI=1S/C25H42/c1-17(2)18-11-15-24(6)19(18)9-10-21-23(5)14-8-13-22(3,4)20(23)12-16-25(21,24)7/h17,20-21H,8-16H2,1-7H3/t20-,21+,23-,24+,25+/m0/s1. The Balaban J connectivity index is 1.78. The van der Waals surface area contributed by atoms with Crippen LogP contribution in [0.2, 0.25) is 0 Å². The summed E-state index contributed by atoms with van der Waals surface area (Å²) in [7, 11) is 0. The third-order valence-corrected chi connectivity index (χ3v) is 10.4. The van der Waals surface area contributed by atoms with Crippen molar-refractivity contribution >= 4 is 0 Å². The molecule has 142 valence electrons. The maximum absolute atomic E-state index is 2.73. The Morgan fingerprint density at radius 3 is 2.20 bits per heavy atom. The first kappa shape index (κ1) is 18.1. The van der Waals surface area contributed by atoms with E-state index in [2.05, 4.69) is 48.5 Å². The van der Waals surface area contributed by atoms with E-state index in [0.717, 1.165) is 17.8 Å². The Morgan fingerprint density at radius 2 is 1.52 bits per heavy atom. The van der Waals surface area contributed by atoms with E-state index in [9.17, 15) is 0 Å². The number of rotatable bonds is 1. The van der Waals surface area contributed by atoms with E-state index in [-0.39, 0.29) is 0 Å². The average molecular weight is 343 g/mol. The molecule has 0 amide bonds. The van der Waals surface area contributed by atoms with E-state index in [1.165, 1.54) is 57.8 Å². The lowest BCUT2D eigenvalue weighted by molar-refractivity contribution is -0.173. The minimum atomic E-state index is 0.491. The molecule has 0 aliphatic heterocycles. The Labute approximate surface area is 157 Å². The zero-order chi connectivity index (χ0) is 18.3. The molecule has 0 unspecified atom stereocenters. The molecule has 0 aromatic carbocycles. The summed E-state index contributed by atoms with van der Waals surface area (Å²) in [5, 5.41) is 0. The Kier molecular flexibility index (Phi) is 3.90. The van der Waals surface area contributed by atoms with Crippen LogP contribution in [0.15, 0.2) is 11.1 Å². The SMILES string of the molecule is CC(C)C1=C2CC[C@@H]3[C@@]4(C)CCCC(C)(C)[C@@H]4CC[C@@]3(C)[C@]2(C)CC1. The number of fused-ring (bicyclic) bond motifs is 5. The van der Waals surface area contributed by atoms with Gasteiger partial charge in [-0.3, -0.25) is 0 Å². The van der Waals surface area contributed by atoms with Crippen LogP contribution in [0.25, 0.3) is 0 Å². The molecule has 0 heterocycles. The molecule has 3 fully saturated rings. The molecule has 4 aliphatic rings. The van der Waals surface area contributed by atoms with Gasteiger partial charge in [0.1, 0.15) is 0 Å². The van der Waals surface area contributed by atoms with Crippen LogP contribution < -0.4 is 0 Å². The average Bonchev–Trinajstić information content (AvgIpc) is 2.85. The maximum Gasteiger partial charge on any atom is -0.00539 e. The number of hydrogen-bond donors (Lipinski definition) is 0. The van der Waals surface area contributed by atoms with Gasteiger partial charge in [0.25, 0.3) is 0 Å². The second-order valence-corrected chi connectivity index (χ2v) is 11.9. The molecule has 5 atom stereocenters. The van der Waals surface area contributed by atoms with Gasteiger partial charge in [-0.25, -0.2) is 0 Å². The highest BCUT2D eigenvalue weighted by atomic mass is 14.7. The molecule has 4 aliphatic carbocycles. The zero-order valence-corrected chi connectivity index (χ0v) is 18.1. The van der Waals surface area contributed by atoms with Crippen LogP contribution in [0, 0.1) is 39.4 Å². The Hall–Kier alpha value is -0.260. The van der Waals surface area contributed by atoms with Gasteiger partial charge in [-0.2, -0.15) is 0 Å². The van der Waals surface area contributed by atoms with Gasteiger partial charge in [-0.15, -0.1) is 0 Å². The van der Waals surface area contributed by atoms with Crippen molar-refractivity contribution in [1.29, 1.82) is 0 Å². The molecule has 4 rings (SSSR count). The predicted molar refractivity (Wildman–Crippen MR) is 108 cm³/mol. The highest BCUT2D eigenvalue weighted by molar-refractivity contribution is 5.35. The largest absolute Gasteiger partial charge is 0.0679 e. The summed E-state index contributed by atoms with van der Waals surface area (Å²) in [6, 6.07) is 0. The molecule has 0 heteroatoms. The lowest BCUT2D eigenvalue weighted by Crippen LogP contribution is -2.60. The first-order valence-corrected chi connectivity index (χ1v) is 11.3. The van der Waals surface area contributed by atoms with E-state index in [4.69, 9.17) is 0 Å². The first-order chi connectivity index (χ1) is 11.6. The normalized spacial score (nSPS) is 49.0. The van der Waals surface area contributed by atoms with Crippen molar-refractivity contribution in [1.82, 2.24) is 0 Å². The molecule has 0 nitrogen and oxygen atoms in total. The molecule has 3 saturated carbocycles. The first-order valence-electron chi connectivity index (χ1n) is 11.3. The summed E-state index contributed by atoms with van der Waals surface area (Å²) < 4.78 is 0. The molecule has 0 spiro atoms. The van der Waals surface area contributed by atoms with Crippen molar-refractivity contribution in [3.63, 3.8) is 0 Å². The summed E-state index contributed by atoms with van der Waals surface area (Å²) >= 11 is 0. The second kappa shape index (κ2) is 5.39. The summed E-state index contributed by atoms with van der Waals surface area (Å²) in [5.74, 6) is 2.66. The Bertz CT molecular complexity index is 593. The fourth-order valence-corrected chi connectivity index (χ4v) is 8.99. The van der Waals surface area contributed by atoms with Gasteiger partial charge in [-0.05, 0) is 90.8 Å².